The molecule has 0 fully saturated rings. The van der Waals surface area contributed by atoms with Gasteiger partial charge >= 0.3 is 0 Å². The maximum Gasteiger partial charge on any atom is 0.124 e. The fourth-order valence-electron chi connectivity index (χ4n) is 1.37. The Morgan fingerprint density at radius 3 is 2.83 bits per heavy atom. The number of aliphatic hydroxyl groups is 1. The second-order valence-electron chi connectivity index (χ2n) is 4.75. The van der Waals surface area contributed by atoms with Crippen molar-refractivity contribution in [1.29, 1.82) is 0 Å². The molecule has 0 amide bonds. The number of hydrogen-bond acceptors (Lipinski definition) is 3. The maximum atomic E-state index is 9.20. The highest BCUT2D eigenvalue weighted by atomic mass is 35.5. The van der Waals surface area contributed by atoms with Gasteiger partial charge < -0.3 is 15.2 Å². The molecule has 0 aliphatic carbocycles. The predicted octanol–water partition coefficient (Wildman–Crippen LogP) is 2.77. The van der Waals surface area contributed by atoms with Crippen LogP contribution < -0.4 is 10.1 Å². The Hall–Kier alpha value is -1.03. The first-order chi connectivity index (χ1) is 8.48. The first-order valence-electron chi connectivity index (χ1n) is 5.86. The highest BCUT2D eigenvalue weighted by molar-refractivity contribution is 6.30. The molecule has 0 spiro atoms. The highest BCUT2D eigenvalue weighted by Crippen LogP contribution is 2.23. The van der Waals surface area contributed by atoms with E-state index in [2.05, 4.69) is 11.9 Å². The monoisotopic (exact) mass is 269 g/mol. The lowest BCUT2D eigenvalue weighted by Gasteiger charge is -2.24. The molecule has 0 atom stereocenters. The van der Waals surface area contributed by atoms with Gasteiger partial charge in [-0.1, -0.05) is 24.3 Å². The van der Waals surface area contributed by atoms with Gasteiger partial charge in [0.1, 0.15) is 12.4 Å². The lowest BCUT2D eigenvalue weighted by molar-refractivity contribution is 0.187. The fraction of sp³-hybridized carbons (Fsp3) is 0.429. The lowest BCUT2D eigenvalue weighted by Crippen LogP contribution is -2.42. The van der Waals surface area contributed by atoms with Gasteiger partial charge in [-0.15, -0.1) is 0 Å². The molecule has 1 aromatic rings. The summed E-state index contributed by atoms with van der Waals surface area (Å²) in [6.45, 7) is 8.59. The van der Waals surface area contributed by atoms with Crippen molar-refractivity contribution in [2.75, 3.05) is 13.2 Å². The van der Waals surface area contributed by atoms with Crippen molar-refractivity contribution >= 4 is 11.6 Å². The van der Waals surface area contributed by atoms with E-state index in [1.807, 2.05) is 26.0 Å². The first kappa shape index (κ1) is 15.0. The van der Waals surface area contributed by atoms with Crippen LogP contribution in [0.25, 0.3) is 0 Å². The van der Waals surface area contributed by atoms with Crippen LogP contribution in [0.3, 0.4) is 0 Å². The van der Waals surface area contributed by atoms with Crippen LogP contribution in [0.5, 0.6) is 5.75 Å². The van der Waals surface area contributed by atoms with Crippen molar-refractivity contribution in [2.45, 2.75) is 25.9 Å². The molecule has 0 bridgehead atoms. The summed E-state index contributed by atoms with van der Waals surface area (Å²) >= 11 is 5.98. The Morgan fingerprint density at radius 2 is 2.22 bits per heavy atom. The molecular formula is C14H20ClNO2. The van der Waals surface area contributed by atoms with E-state index in [1.54, 1.807) is 12.1 Å². The van der Waals surface area contributed by atoms with E-state index in [-0.39, 0.29) is 12.1 Å². The summed E-state index contributed by atoms with van der Waals surface area (Å²) in [5, 5.41) is 13.1. The van der Waals surface area contributed by atoms with Crippen LogP contribution in [0.4, 0.5) is 0 Å². The molecule has 1 rings (SSSR count). The third kappa shape index (κ3) is 4.69. The zero-order valence-electron chi connectivity index (χ0n) is 10.9. The molecule has 0 unspecified atom stereocenters. The summed E-state index contributed by atoms with van der Waals surface area (Å²) in [6, 6.07) is 5.50. The fourth-order valence-corrected chi connectivity index (χ4v) is 1.56. The van der Waals surface area contributed by atoms with Gasteiger partial charge in [0.05, 0.1) is 6.61 Å². The molecule has 100 valence electrons. The van der Waals surface area contributed by atoms with E-state index in [1.165, 1.54) is 0 Å². The Morgan fingerprint density at radius 1 is 1.50 bits per heavy atom. The van der Waals surface area contributed by atoms with Gasteiger partial charge in [0.15, 0.2) is 0 Å². The van der Waals surface area contributed by atoms with Crippen molar-refractivity contribution in [3.05, 3.63) is 41.4 Å². The van der Waals surface area contributed by atoms with Gasteiger partial charge in [0.2, 0.25) is 0 Å². The van der Waals surface area contributed by atoms with Gasteiger partial charge in [-0.25, -0.2) is 0 Å². The number of ether oxygens (including phenoxy) is 1. The molecule has 0 heterocycles. The third-order valence-corrected chi connectivity index (χ3v) is 2.77. The number of rotatable bonds is 7. The summed E-state index contributed by atoms with van der Waals surface area (Å²) in [4.78, 5) is 0. The summed E-state index contributed by atoms with van der Waals surface area (Å²) < 4.78 is 5.56. The largest absolute Gasteiger partial charge is 0.489 e. The van der Waals surface area contributed by atoms with Crippen molar-refractivity contribution in [3.63, 3.8) is 0 Å². The molecule has 0 saturated heterocycles. The normalized spacial score (nSPS) is 11.3. The average molecular weight is 270 g/mol. The van der Waals surface area contributed by atoms with Crippen molar-refractivity contribution < 1.29 is 9.84 Å². The SMILES string of the molecule is C=CCOc1ccc(Cl)cc1CNC(C)(C)CO. The summed E-state index contributed by atoms with van der Waals surface area (Å²) in [5.41, 5.74) is 0.628. The second kappa shape index (κ2) is 6.78. The molecule has 0 aliphatic heterocycles. The molecule has 0 saturated carbocycles. The van der Waals surface area contributed by atoms with Crippen LogP contribution in [0.2, 0.25) is 5.02 Å². The summed E-state index contributed by atoms with van der Waals surface area (Å²) in [7, 11) is 0. The molecule has 3 nitrogen and oxygen atoms in total. The first-order valence-corrected chi connectivity index (χ1v) is 6.24. The summed E-state index contributed by atoms with van der Waals surface area (Å²) in [6.07, 6.45) is 1.70. The predicted molar refractivity (Wildman–Crippen MR) is 75.1 cm³/mol. The zero-order valence-corrected chi connectivity index (χ0v) is 11.6. The van der Waals surface area contributed by atoms with E-state index < -0.39 is 0 Å². The van der Waals surface area contributed by atoms with Crippen LogP contribution in [-0.2, 0) is 6.54 Å². The van der Waals surface area contributed by atoms with Gasteiger partial charge in [-0.2, -0.15) is 0 Å². The Bertz CT molecular complexity index is 405. The van der Waals surface area contributed by atoms with E-state index in [9.17, 15) is 5.11 Å². The number of hydrogen-bond donors (Lipinski definition) is 2. The third-order valence-electron chi connectivity index (χ3n) is 2.53. The molecule has 0 aromatic heterocycles. The van der Waals surface area contributed by atoms with Gasteiger partial charge in [-0.3, -0.25) is 0 Å². The van der Waals surface area contributed by atoms with Crippen LogP contribution >= 0.6 is 11.6 Å². The Labute approximate surface area is 113 Å². The summed E-state index contributed by atoms with van der Waals surface area (Å²) in [5.74, 6) is 0.778. The van der Waals surface area contributed by atoms with Gasteiger partial charge in [0.25, 0.3) is 0 Å². The average Bonchev–Trinajstić information content (AvgIpc) is 2.35. The van der Waals surface area contributed by atoms with E-state index in [0.717, 1.165) is 11.3 Å². The van der Waals surface area contributed by atoms with Crippen molar-refractivity contribution in [3.8, 4) is 5.75 Å². The minimum absolute atomic E-state index is 0.0659. The van der Waals surface area contributed by atoms with E-state index in [4.69, 9.17) is 16.3 Å². The van der Waals surface area contributed by atoms with Crippen LogP contribution in [0.15, 0.2) is 30.9 Å². The Kier molecular flexibility index (Phi) is 5.66. The van der Waals surface area contributed by atoms with Crippen LogP contribution in [0, 0.1) is 0 Å². The van der Waals surface area contributed by atoms with E-state index >= 15 is 0 Å². The van der Waals surface area contributed by atoms with Crippen LogP contribution in [-0.4, -0.2) is 23.9 Å². The number of nitrogens with one attached hydrogen (secondary N) is 1. The highest BCUT2D eigenvalue weighted by Gasteiger charge is 2.16. The zero-order chi connectivity index (χ0) is 13.6. The minimum atomic E-state index is -0.335. The topological polar surface area (TPSA) is 41.5 Å². The van der Waals surface area contributed by atoms with Crippen molar-refractivity contribution in [1.82, 2.24) is 5.32 Å². The number of benzene rings is 1. The lowest BCUT2D eigenvalue weighted by atomic mass is 10.1. The minimum Gasteiger partial charge on any atom is -0.489 e. The molecule has 0 radical (unpaired) electrons. The molecule has 0 aliphatic rings. The molecule has 1 aromatic carbocycles. The molecular weight excluding hydrogens is 250 g/mol. The van der Waals surface area contributed by atoms with Crippen LogP contribution in [0.1, 0.15) is 19.4 Å². The Balaban J connectivity index is 2.78. The number of halogens is 1. The van der Waals surface area contributed by atoms with Gasteiger partial charge in [-0.05, 0) is 32.0 Å². The van der Waals surface area contributed by atoms with E-state index in [0.29, 0.717) is 18.2 Å². The number of aliphatic hydroxyl groups excluding tert-OH is 1. The van der Waals surface area contributed by atoms with Gasteiger partial charge in [0, 0.05) is 22.7 Å². The molecule has 2 N–H and O–H groups in total. The molecule has 4 heteroatoms. The van der Waals surface area contributed by atoms with Crippen molar-refractivity contribution in [2.24, 2.45) is 0 Å². The maximum absolute atomic E-state index is 9.20. The standard InChI is InChI=1S/C14H20ClNO2/c1-4-7-18-13-6-5-12(15)8-11(13)9-16-14(2,3)10-17/h4-6,8,16-17H,1,7,9-10H2,2-3H3. The quantitative estimate of drug-likeness (QED) is 0.748. The second-order valence-corrected chi connectivity index (χ2v) is 5.18. The smallest absolute Gasteiger partial charge is 0.124 e. The molecule has 18 heavy (non-hydrogen) atoms.